The lowest BCUT2D eigenvalue weighted by Gasteiger charge is -2.26. The van der Waals surface area contributed by atoms with E-state index in [1.165, 1.54) is 6.20 Å². The first kappa shape index (κ1) is 19.5. The van der Waals surface area contributed by atoms with Crippen molar-refractivity contribution >= 4 is 17.2 Å². The zero-order chi connectivity index (χ0) is 19.6. The molecule has 0 saturated carbocycles. The Bertz CT molecular complexity index is 838. The number of anilines is 1. The van der Waals surface area contributed by atoms with Gasteiger partial charge < -0.3 is 15.4 Å². The zero-order valence-corrected chi connectivity index (χ0v) is 15.4. The molecule has 10 heteroatoms. The number of carbonyl (C=O) groups is 1. The first-order valence-corrected chi connectivity index (χ1v) is 9.06. The number of aromatic nitrogens is 4. The van der Waals surface area contributed by atoms with Gasteiger partial charge in [0.05, 0.1) is 24.5 Å². The van der Waals surface area contributed by atoms with E-state index in [1.807, 2.05) is 12.1 Å². The predicted molar refractivity (Wildman–Crippen MR) is 102 cm³/mol. The normalized spacial score (nSPS) is 15.0. The summed E-state index contributed by atoms with van der Waals surface area (Å²) in [6.07, 6.45) is 2.33. The second-order valence-electron chi connectivity index (χ2n) is 6.16. The average molecular weight is 382 g/mol. The highest BCUT2D eigenvalue weighted by molar-refractivity contribution is 5.99. The maximum atomic E-state index is 12.5. The van der Waals surface area contributed by atoms with E-state index in [1.54, 1.807) is 18.2 Å². The third kappa shape index (κ3) is 5.35. The highest BCUT2D eigenvalue weighted by atomic mass is 16.5. The second-order valence-corrected chi connectivity index (χ2v) is 6.16. The van der Waals surface area contributed by atoms with E-state index < -0.39 is 0 Å². The minimum Gasteiger partial charge on any atom is -0.379 e. The Morgan fingerprint density at radius 2 is 2.18 bits per heavy atom. The van der Waals surface area contributed by atoms with Crippen LogP contribution in [0.3, 0.4) is 0 Å². The molecule has 1 aromatic carbocycles. The largest absolute Gasteiger partial charge is 0.379 e. The molecule has 1 aliphatic rings. The van der Waals surface area contributed by atoms with Crippen LogP contribution in [-0.2, 0) is 4.74 Å². The van der Waals surface area contributed by atoms with Gasteiger partial charge in [-0.25, -0.2) is 0 Å². The number of hydrogen-bond donors (Lipinski definition) is 3. The van der Waals surface area contributed by atoms with Gasteiger partial charge in [-0.05, 0) is 30.3 Å². The molecule has 10 nitrogen and oxygen atoms in total. The Kier molecular flexibility index (Phi) is 7.06. The van der Waals surface area contributed by atoms with E-state index in [2.05, 4.69) is 36.2 Å². The molecule has 0 bridgehead atoms. The van der Waals surface area contributed by atoms with Crippen LogP contribution in [0.25, 0.3) is 5.57 Å². The molecule has 28 heavy (non-hydrogen) atoms. The molecule has 146 valence electrons. The lowest BCUT2D eigenvalue weighted by atomic mass is 10.1. The number of nitrogens with one attached hydrogen (secondary N) is 3. The van der Waals surface area contributed by atoms with E-state index in [9.17, 15) is 10.1 Å². The molecular formula is C18H22N8O2. The van der Waals surface area contributed by atoms with Crippen molar-refractivity contribution in [3.05, 3.63) is 41.9 Å². The number of hydrogen-bond acceptors (Lipinski definition) is 8. The zero-order valence-electron chi connectivity index (χ0n) is 15.4. The molecule has 1 saturated heterocycles. The number of nitriles is 1. The number of rotatable bonds is 8. The van der Waals surface area contributed by atoms with Crippen LogP contribution in [0, 0.1) is 11.3 Å². The van der Waals surface area contributed by atoms with Crippen molar-refractivity contribution in [1.82, 2.24) is 30.8 Å². The van der Waals surface area contributed by atoms with Gasteiger partial charge >= 0.3 is 0 Å². The first-order chi connectivity index (χ1) is 13.8. The van der Waals surface area contributed by atoms with Crippen LogP contribution in [-0.4, -0.2) is 70.8 Å². The number of morpholine rings is 1. The molecule has 0 aliphatic carbocycles. The Morgan fingerprint density at radius 1 is 1.36 bits per heavy atom. The Morgan fingerprint density at radius 3 is 2.93 bits per heavy atom. The Balaban J connectivity index is 1.55. The molecule has 3 N–H and O–H groups in total. The molecule has 1 amide bonds. The number of allylic oxidation sites excluding steroid dienone is 1. The third-order valence-corrected chi connectivity index (χ3v) is 4.29. The molecule has 1 aliphatic heterocycles. The third-order valence-electron chi connectivity index (χ3n) is 4.29. The van der Waals surface area contributed by atoms with Crippen molar-refractivity contribution in [3.8, 4) is 6.07 Å². The van der Waals surface area contributed by atoms with E-state index in [-0.39, 0.29) is 17.3 Å². The van der Waals surface area contributed by atoms with Gasteiger partial charge in [0, 0.05) is 25.8 Å². The van der Waals surface area contributed by atoms with E-state index in [0.717, 1.165) is 39.3 Å². The van der Waals surface area contributed by atoms with Crippen LogP contribution in [0.2, 0.25) is 0 Å². The van der Waals surface area contributed by atoms with Crippen molar-refractivity contribution in [2.24, 2.45) is 0 Å². The van der Waals surface area contributed by atoms with Gasteiger partial charge in [-0.3, -0.25) is 9.69 Å². The standard InChI is InChI=1S/C18H22N8O2/c19-12-14(17-22-24-25-23-17)13-21-16-5-2-1-4-15(16)18(27)20-6-3-7-26-8-10-28-11-9-26/h1-2,4-5,13,21H,3,6-11H2,(H,20,27)(H,22,23,24,25). The van der Waals surface area contributed by atoms with Crippen LogP contribution in [0.15, 0.2) is 30.5 Å². The summed E-state index contributed by atoms with van der Waals surface area (Å²) in [6, 6.07) is 9.10. The van der Waals surface area contributed by atoms with Crippen molar-refractivity contribution in [3.63, 3.8) is 0 Å². The number of para-hydroxylation sites is 1. The highest BCUT2D eigenvalue weighted by Crippen LogP contribution is 2.16. The second kappa shape index (κ2) is 10.1. The predicted octanol–water partition coefficient (Wildman–Crippen LogP) is 0.628. The lowest BCUT2D eigenvalue weighted by molar-refractivity contribution is 0.0374. The maximum Gasteiger partial charge on any atom is 0.253 e. The first-order valence-electron chi connectivity index (χ1n) is 9.06. The molecule has 0 radical (unpaired) electrons. The van der Waals surface area contributed by atoms with Crippen LogP contribution in [0.1, 0.15) is 22.6 Å². The van der Waals surface area contributed by atoms with E-state index >= 15 is 0 Å². The van der Waals surface area contributed by atoms with Crippen molar-refractivity contribution in [1.29, 1.82) is 5.26 Å². The van der Waals surface area contributed by atoms with Gasteiger partial charge in [0.2, 0.25) is 5.82 Å². The summed E-state index contributed by atoms with van der Waals surface area (Å²) in [5.74, 6) is 0.0107. The van der Waals surface area contributed by atoms with E-state index in [4.69, 9.17) is 4.74 Å². The van der Waals surface area contributed by atoms with E-state index in [0.29, 0.717) is 17.8 Å². The fourth-order valence-electron chi connectivity index (χ4n) is 2.80. The van der Waals surface area contributed by atoms with Crippen molar-refractivity contribution < 1.29 is 9.53 Å². The summed E-state index contributed by atoms with van der Waals surface area (Å²) in [6.45, 7) is 4.94. The summed E-state index contributed by atoms with van der Waals surface area (Å²) in [7, 11) is 0. The van der Waals surface area contributed by atoms with Gasteiger partial charge in [0.15, 0.2) is 0 Å². The summed E-state index contributed by atoms with van der Waals surface area (Å²) >= 11 is 0. The van der Waals surface area contributed by atoms with Crippen LogP contribution < -0.4 is 10.6 Å². The van der Waals surface area contributed by atoms with Gasteiger partial charge in [0.25, 0.3) is 5.91 Å². The summed E-state index contributed by atoms with van der Waals surface area (Å²) < 4.78 is 5.33. The fourth-order valence-corrected chi connectivity index (χ4v) is 2.80. The molecule has 2 aromatic rings. The van der Waals surface area contributed by atoms with Crippen LogP contribution in [0.4, 0.5) is 5.69 Å². The number of aromatic amines is 1. The van der Waals surface area contributed by atoms with Gasteiger partial charge in [-0.1, -0.05) is 12.1 Å². The minimum atomic E-state index is -0.170. The van der Waals surface area contributed by atoms with Crippen LogP contribution >= 0.6 is 0 Å². The number of nitrogens with zero attached hydrogens (tertiary/aromatic N) is 5. The number of ether oxygens (including phenoxy) is 1. The van der Waals surface area contributed by atoms with Gasteiger partial charge in [-0.15, -0.1) is 10.2 Å². The van der Waals surface area contributed by atoms with Crippen molar-refractivity contribution in [2.45, 2.75) is 6.42 Å². The molecule has 0 spiro atoms. The molecular weight excluding hydrogens is 360 g/mol. The number of amides is 1. The monoisotopic (exact) mass is 382 g/mol. The number of tetrazole rings is 1. The highest BCUT2D eigenvalue weighted by Gasteiger charge is 2.12. The van der Waals surface area contributed by atoms with Gasteiger partial charge in [-0.2, -0.15) is 10.5 Å². The SMILES string of the molecule is N#CC(=CNc1ccccc1C(=O)NCCCN1CCOCC1)c1nn[nH]n1. The fraction of sp³-hybridized carbons (Fsp3) is 0.389. The average Bonchev–Trinajstić information content (AvgIpc) is 3.27. The molecule has 2 heterocycles. The summed E-state index contributed by atoms with van der Waals surface area (Å²) in [4.78, 5) is 14.9. The Labute approximate surface area is 162 Å². The lowest BCUT2D eigenvalue weighted by Crippen LogP contribution is -2.38. The van der Waals surface area contributed by atoms with Crippen LogP contribution in [0.5, 0.6) is 0 Å². The summed E-state index contributed by atoms with van der Waals surface area (Å²) in [5.41, 5.74) is 1.29. The number of benzene rings is 1. The molecule has 0 atom stereocenters. The molecule has 1 fully saturated rings. The maximum absolute atomic E-state index is 12.5. The minimum absolute atomic E-state index is 0.170. The molecule has 1 aromatic heterocycles. The summed E-state index contributed by atoms with van der Waals surface area (Å²) in [5, 5.41) is 28.5. The smallest absolute Gasteiger partial charge is 0.253 e. The molecule has 3 rings (SSSR count). The quantitative estimate of drug-likeness (QED) is 0.447. The Hall–Kier alpha value is -3.29. The topological polar surface area (TPSA) is 132 Å². The molecule has 0 unspecified atom stereocenters. The van der Waals surface area contributed by atoms with Gasteiger partial charge in [0.1, 0.15) is 11.6 Å². The van der Waals surface area contributed by atoms with Crippen molar-refractivity contribution in [2.75, 3.05) is 44.7 Å². The number of H-pyrrole nitrogens is 1. The number of carbonyl (C=O) groups excluding carboxylic acids is 1.